The maximum absolute atomic E-state index is 12.1. The van der Waals surface area contributed by atoms with Crippen molar-refractivity contribution in [2.24, 2.45) is 45.8 Å². The van der Waals surface area contributed by atoms with Gasteiger partial charge in [-0.25, -0.2) is 13.2 Å². The van der Waals surface area contributed by atoms with Gasteiger partial charge >= 0.3 is 5.97 Å². The van der Waals surface area contributed by atoms with Crippen LogP contribution in [0, 0.1) is 45.8 Å². The molecule has 8 atom stereocenters. The molecule has 1 N–H and O–H groups in total. The number of hydrogen-bond acceptors (Lipinski definition) is 6. The summed E-state index contributed by atoms with van der Waals surface area (Å²) in [5.41, 5.74) is 4.40. The fourth-order valence-electron chi connectivity index (χ4n) is 13.0. The summed E-state index contributed by atoms with van der Waals surface area (Å²) >= 11 is 0. The number of nitrogens with one attached hydrogen (secondary N) is 1. The van der Waals surface area contributed by atoms with Crippen molar-refractivity contribution in [2.45, 2.75) is 97.4 Å². The highest BCUT2D eigenvalue weighted by Gasteiger charge is 2.65. The molecule has 0 bridgehead atoms. The van der Waals surface area contributed by atoms with E-state index in [-0.39, 0.29) is 11.4 Å². The molecule has 46 heavy (non-hydrogen) atoms. The Labute approximate surface area is 278 Å². The topological polar surface area (TPSA) is 75.7 Å². The smallest absolute Gasteiger partial charge is 0.337 e. The molecule has 5 aliphatic carbocycles. The Hall–Kier alpha value is -1.70. The van der Waals surface area contributed by atoms with Crippen LogP contribution in [0.25, 0.3) is 5.57 Å². The normalized spacial score (nSPS) is 41.3. The van der Waals surface area contributed by atoms with Crippen LogP contribution >= 0.6 is 0 Å². The molecule has 5 fully saturated rings. The lowest BCUT2D eigenvalue weighted by Gasteiger charge is -2.68. The Morgan fingerprint density at radius 1 is 0.891 bits per heavy atom. The summed E-state index contributed by atoms with van der Waals surface area (Å²) in [6, 6.07) is 8.10. The third-order valence-corrected chi connectivity index (χ3v) is 16.7. The zero-order chi connectivity index (χ0) is 32.5. The fourth-order valence-corrected chi connectivity index (χ4v) is 14.2. The average Bonchev–Trinajstić information content (AvgIpc) is 3.46. The first-order chi connectivity index (χ1) is 21.8. The zero-order valence-corrected chi connectivity index (χ0v) is 29.9. The fraction of sp³-hybridized carbons (Fsp3) is 0.769. The number of carbonyl (C=O) groups excluding carboxylic acids is 1. The van der Waals surface area contributed by atoms with E-state index >= 15 is 0 Å². The molecular formula is C39H58N2O4S. The van der Waals surface area contributed by atoms with Gasteiger partial charge in [0, 0.05) is 31.7 Å². The summed E-state index contributed by atoms with van der Waals surface area (Å²) in [5, 5.41) is 4.15. The van der Waals surface area contributed by atoms with E-state index in [4.69, 9.17) is 4.74 Å². The van der Waals surface area contributed by atoms with E-state index in [0.29, 0.717) is 52.4 Å². The number of hydrogen-bond donors (Lipinski definition) is 1. The molecule has 4 saturated carbocycles. The number of carbonyl (C=O) groups is 1. The lowest BCUT2D eigenvalue weighted by Crippen LogP contribution is -2.63. The highest BCUT2D eigenvalue weighted by molar-refractivity contribution is 7.91. The van der Waals surface area contributed by atoms with E-state index < -0.39 is 9.84 Å². The number of sulfone groups is 1. The standard InChI is InChI=1S/C39H58N2O4S/c1-36(2)30(27-8-10-28(11-9-27)35(42)45-5)14-18-38(4)33(36)16-19-37(3)31-15-20-39(17-6-7-32(39)29(31)12-13-34(37)38)40-21-22-41-23-25-46(43,44)26-24-41/h8-11,14,29,31-34,40H,6-7,12-13,15-26H2,1-5H3/t29?,31?,32-,33?,34?,37?,38?,39?/m1/s1. The first-order valence-corrected chi connectivity index (χ1v) is 20.2. The highest BCUT2D eigenvalue weighted by Crippen LogP contribution is 2.72. The molecule has 7 heteroatoms. The van der Waals surface area contributed by atoms with E-state index in [0.717, 1.165) is 43.2 Å². The van der Waals surface area contributed by atoms with E-state index in [1.807, 2.05) is 12.1 Å². The molecule has 1 aromatic carbocycles. The van der Waals surface area contributed by atoms with Crippen LogP contribution < -0.4 is 5.32 Å². The maximum atomic E-state index is 12.1. The number of ether oxygens (including phenoxy) is 1. The van der Waals surface area contributed by atoms with Crippen LogP contribution in [-0.2, 0) is 14.6 Å². The number of rotatable bonds is 6. The molecular weight excluding hydrogens is 593 g/mol. The van der Waals surface area contributed by atoms with Gasteiger partial charge in [-0.2, -0.15) is 0 Å². The molecule has 1 saturated heterocycles. The largest absolute Gasteiger partial charge is 0.465 e. The molecule has 1 heterocycles. The van der Waals surface area contributed by atoms with Gasteiger partial charge in [0.25, 0.3) is 0 Å². The molecule has 0 amide bonds. The first-order valence-electron chi connectivity index (χ1n) is 18.4. The van der Waals surface area contributed by atoms with Gasteiger partial charge in [-0.15, -0.1) is 0 Å². The van der Waals surface area contributed by atoms with Gasteiger partial charge in [0.1, 0.15) is 0 Å². The van der Waals surface area contributed by atoms with Crippen molar-refractivity contribution >= 4 is 21.4 Å². The number of benzene rings is 1. The lowest BCUT2D eigenvalue weighted by atomic mass is 9.37. The minimum Gasteiger partial charge on any atom is -0.465 e. The minimum atomic E-state index is -2.82. The van der Waals surface area contributed by atoms with Gasteiger partial charge in [-0.3, -0.25) is 0 Å². The summed E-state index contributed by atoms with van der Waals surface area (Å²) < 4.78 is 28.8. The van der Waals surface area contributed by atoms with E-state index in [2.05, 4.69) is 56.1 Å². The third-order valence-electron chi connectivity index (χ3n) is 15.0. The average molecular weight is 651 g/mol. The van der Waals surface area contributed by atoms with Crippen molar-refractivity contribution < 1.29 is 17.9 Å². The van der Waals surface area contributed by atoms with E-state index in [1.54, 1.807) is 0 Å². The van der Waals surface area contributed by atoms with Gasteiger partial charge in [-0.1, -0.05) is 52.3 Å². The van der Waals surface area contributed by atoms with Crippen LogP contribution in [0.2, 0.25) is 0 Å². The second kappa shape index (κ2) is 11.7. The Morgan fingerprint density at radius 3 is 2.35 bits per heavy atom. The molecule has 254 valence electrons. The Kier molecular flexibility index (Phi) is 8.37. The quantitative estimate of drug-likeness (QED) is 0.334. The van der Waals surface area contributed by atoms with Crippen LogP contribution in [-0.4, -0.2) is 69.6 Å². The van der Waals surface area contributed by atoms with Crippen LogP contribution in [0.3, 0.4) is 0 Å². The number of fused-ring (bicyclic) bond motifs is 7. The summed E-state index contributed by atoms with van der Waals surface area (Å²) in [7, 11) is -1.38. The third kappa shape index (κ3) is 5.24. The van der Waals surface area contributed by atoms with Crippen LogP contribution in [0.15, 0.2) is 30.3 Å². The molecule has 7 unspecified atom stereocenters. The Morgan fingerprint density at radius 2 is 1.63 bits per heavy atom. The summed E-state index contributed by atoms with van der Waals surface area (Å²) in [6.07, 6.45) is 15.9. The first kappa shape index (κ1) is 32.8. The Balaban J connectivity index is 1.07. The molecule has 7 rings (SSSR count). The predicted molar refractivity (Wildman–Crippen MR) is 185 cm³/mol. The van der Waals surface area contributed by atoms with Gasteiger partial charge in [0.15, 0.2) is 9.84 Å². The lowest BCUT2D eigenvalue weighted by molar-refractivity contribution is -0.172. The number of esters is 1. The van der Waals surface area contributed by atoms with Crippen molar-refractivity contribution in [3.05, 3.63) is 41.5 Å². The minimum absolute atomic E-state index is 0.0770. The molecule has 6 nitrogen and oxygen atoms in total. The van der Waals surface area contributed by atoms with Crippen LogP contribution in [0.5, 0.6) is 0 Å². The molecule has 1 aliphatic heterocycles. The summed E-state index contributed by atoms with van der Waals surface area (Å²) in [6.45, 7) is 13.7. The van der Waals surface area contributed by atoms with Gasteiger partial charge in [-0.05, 0) is 127 Å². The molecule has 0 spiro atoms. The van der Waals surface area contributed by atoms with E-state index in [1.165, 1.54) is 76.0 Å². The molecule has 6 aliphatic rings. The molecule has 0 radical (unpaired) electrons. The van der Waals surface area contributed by atoms with Crippen molar-refractivity contribution in [3.8, 4) is 0 Å². The summed E-state index contributed by atoms with van der Waals surface area (Å²) in [4.78, 5) is 14.4. The van der Waals surface area contributed by atoms with Gasteiger partial charge in [0.05, 0.1) is 24.2 Å². The van der Waals surface area contributed by atoms with E-state index in [9.17, 15) is 13.2 Å². The second-order valence-corrected chi connectivity index (χ2v) is 19.5. The monoisotopic (exact) mass is 650 g/mol. The number of methoxy groups -OCH3 is 1. The van der Waals surface area contributed by atoms with Crippen molar-refractivity contribution in [1.29, 1.82) is 0 Å². The molecule has 1 aromatic rings. The van der Waals surface area contributed by atoms with Gasteiger partial charge in [0.2, 0.25) is 0 Å². The van der Waals surface area contributed by atoms with Crippen molar-refractivity contribution in [2.75, 3.05) is 44.8 Å². The van der Waals surface area contributed by atoms with Crippen molar-refractivity contribution in [1.82, 2.24) is 10.2 Å². The Bertz CT molecular complexity index is 1450. The summed E-state index contributed by atoms with van der Waals surface area (Å²) in [5.74, 6) is 4.23. The predicted octanol–water partition coefficient (Wildman–Crippen LogP) is 7.00. The molecule has 0 aromatic heterocycles. The van der Waals surface area contributed by atoms with Crippen molar-refractivity contribution in [3.63, 3.8) is 0 Å². The zero-order valence-electron chi connectivity index (χ0n) is 29.1. The maximum Gasteiger partial charge on any atom is 0.337 e. The second-order valence-electron chi connectivity index (χ2n) is 17.2. The number of allylic oxidation sites excluding steroid dienone is 2. The van der Waals surface area contributed by atoms with Crippen LogP contribution in [0.1, 0.15) is 108 Å². The number of nitrogens with zero attached hydrogens (tertiary/aromatic N) is 1. The van der Waals surface area contributed by atoms with Crippen LogP contribution in [0.4, 0.5) is 0 Å². The van der Waals surface area contributed by atoms with Gasteiger partial charge < -0.3 is 15.0 Å². The SMILES string of the molecule is COC(=O)c1ccc(C2=CCC3(C)C(CCC4(C)C5CCC6(NCCN7CCS(=O)(=O)CC7)CCC[C@@H]6C5CCC43)C2(C)C)cc1. The highest BCUT2D eigenvalue weighted by atomic mass is 32.2.